The average Bonchev–Trinajstić information content (AvgIpc) is 2.97. The van der Waals surface area contributed by atoms with Crippen molar-refractivity contribution in [3.8, 4) is 0 Å². The van der Waals surface area contributed by atoms with Gasteiger partial charge in [-0.25, -0.2) is 4.79 Å². The van der Waals surface area contributed by atoms with Gasteiger partial charge in [0, 0.05) is 9.77 Å². The molecule has 0 radical (unpaired) electrons. The molecule has 20 heavy (non-hydrogen) atoms. The van der Waals surface area contributed by atoms with E-state index in [-0.39, 0.29) is 6.04 Å². The number of rotatable bonds is 6. The molecule has 1 aromatic heterocycles. The van der Waals surface area contributed by atoms with Crippen LogP contribution >= 0.6 is 23.1 Å². The summed E-state index contributed by atoms with van der Waals surface area (Å²) < 4.78 is 0. The van der Waals surface area contributed by atoms with Gasteiger partial charge in [0.05, 0.1) is 17.3 Å². The Morgan fingerprint density at radius 1 is 1.40 bits per heavy atom. The number of carboxylic acid groups (broad SMARTS) is 1. The van der Waals surface area contributed by atoms with Gasteiger partial charge in [-0.15, -0.1) is 23.1 Å². The maximum atomic E-state index is 11.5. The van der Waals surface area contributed by atoms with Gasteiger partial charge >= 0.3 is 5.97 Å². The second-order valence-corrected chi connectivity index (χ2v) is 6.14. The summed E-state index contributed by atoms with van der Waals surface area (Å²) >= 11 is 3.14. The fraction of sp³-hybridized carbons (Fsp3) is 0.267. The highest BCUT2D eigenvalue weighted by Crippen LogP contribution is 2.32. The van der Waals surface area contributed by atoms with E-state index >= 15 is 0 Å². The number of hydrogen-bond acceptors (Lipinski definition) is 4. The summed E-state index contributed by atoms with van der Waals surface area (Å²) in [5.74, 6) is -0.890. The third-order valence-corrected chi connectivity index (χ3v) is 4.85. The highest BCUT2D eigenvalue weighted by molar-refractivity contribution is 7.98. The van der Waals surface area contributed by atoms with Crippen LogP contribution in [0.1, 0.15) is 34.6 Å². The van der Waals surface area contributed by atoms with Gasteiger partial charge in [-0.3, -0.25) is 0 Å². The number of hydrogen-bond donors (Lipinski definition) is 2. The number of anilines is 1. The van der Waals surface area contributed by atoms with E-state index in [1.54, 1.807) is 11.3 Å². The lowest BCUT2D eigenvalue weighted by molar-refractivity contribution is 0.0694. The second kappa shape index (κ2) is 6.81. The third kappa shape index (κ3) is 3.16. The van der Waals surface area contributed by atoms with E-state index < -0.39 is 5.97 Å². The summed E-state index contributed by atoms with van der Waals surface area (Å²) in [5, 5.41) is 14.9. The van der Waals surface area contributed by atoms with Gasteiger partial charge < -0.3 is 10.4 Å². The highest BCUT2D eigenvalue weighted by Gasteiger charge is 2.18. The van der Waals surface area contributed by atoms with Gasteiger partial charge in [-0.05, 0) is 36.3 Å². The lowest BCUT2D eigenvalue weighted by Crippen LogP contribution is -2.12. The fourth-order valence-corrected chi connectivity index (χ4v) is 3.57. The molecule has 2 rings (SSSR count). The number of thiophene rings is 1. The highest BCUT2D eigenvalue weighted by atomic mass is 32.2. The number of aromatic carboxylic acids is 1. The molecular weight excluding hydrogens is 290 g/mol. The van der Waals surface area contributed by atoms with Crippen molar-refractivity contribution in [1.82, 2.24) is 0 Å². The molecular formula is C15H17NO2S2. The Kier molecular flexibility index (Phi) is 5.09. The molecule has 2 aromatic rings. The Balaban J connectivity index is 2.35. The predicted molar refractivity (Wildman–Crippen MR) is 86.2 cm³/mol. The first kappa shape index (κ1) is 14.9. The predicted octanol–water partition coefficient (Wildman–Crippen LogP) is 4.73. The van der Waals surface area contributed by atoms with Gasteiger partial charge in [0.25, 0.3) is 0 Å². The number of thioether (sulfide) groups is 1. The normalized spacial score (nSPS) is 12.1. The Morgan fingerprint density at radius 3 is 2.75 bits per heavy atom. The van der Waals surface area contributed by atoms with E-state index in [1.807, 2.05) is 35.9 Å². The number of carbonyl (C=O) groups is 1. The molecule has 1 heterocycles. The molecule has 2 N–H and O–H groups in total. The van der Waals surface area contributed by atoms with Crippen molar-refractivity contribution in [3.05, 3.63) is 46.2 Å². The molecule has 5 heteroatoms. The van der Waals surface area contributed by atoms with Crippen LogP contribution < -0.4 is 5.32 Å². The van der Waals surface area contributed by atoms with Crippen LogP contribution in [0.5, 0.6) is 0 Å². The van der Waals surface area contributed by atoms with Crippen LogP contribution in [0.2, 0.25) is 0 Å². The van der Waals surface area contributed by atoms with E-state index in [2.05, 4.69) is 18.3 Å². The lowest BCUT2D eigenvalue weighted by atomic mass is 10.1. The molecule has 0 amide bonds. The minimum atomic E-state index is -0.890. The smallest absolute Gasteiger partial charge is 0.338 e. The molecule has 0 fully saturated rings. The molecule has 0 spiro atoms. The quantitative estimate of drug-likeness (QED) is 0.757. The SMILES string of the molecule is CCC(Nc1cccc(SC)c1C(=O)O)c1cccs1. The Labute approximate surface area is 127 Å². The van der Waals surface area contributed by atoms with Gasteiger partial charge in [-0.1, -0.05) is 19.1 Å². The molecule has 0 aliphatic rings. The van der Waals surface area contributed by atoms with Crippen molar-refractivity contribution >= 4 is 34.8 Å². The number of carboxylic acids is 1. The molecule has 3 nitrogen and oxygen atoms in total. The summed E-state index contributed by atoms with van der Waals surface area (Å²) in [6, 6.07) is 9.79. The molecule has 106 valence electrons. The zero-order valence-corrected chi connectivity index (χ0v) is 13.1. The van der Waals surface area contributed by atoms with Crippen molar-refractivity contribution < 1.29 is 9.90 Å². The molecule has 0 saturated carbocycles. The molecule has 1 aromatic carbocycles. The minimum Gasteiger partial charge on any atom is -0.478 e. The molecule has 0 saturated heterocycles. The second-order valence-electron chi connectivity index (χ2n) is 4.31. The van der Waals surface area contributed by atoms with Crippen LogP contribution in [0.4, 0.5) is 5.69 Å². The Hall–Kier alpha value is -1.46. The summed E-state index contributed by atoms with van der Waals surface area (Å²) in [6.07, 6.45) is 2.80. The topological polar surface area (TPSA) is 49.3 Å². The first-order valence-corrected chi connectivity index (χ1v) is 8.48. The van der Waals surface area contributed by atoms with E-state index in [4.69, 9.17) is 0 Å². The van der Waals surface area contributed by atoms with Crippen LogP contribution in [0.25, 0.3) is 0 Å². The average molecular weight is 307 g/mol. The fourth-order valence-electron chi connectivity index (χ4n) is 2.09. The van der Waals surface area contributed by atoms with Gasteiger partial charge in [0.15, 0.2) is 0 Å². The van der Waals surface area contributed by atoms with Crippen molar-refractivity contribution in [1.29, 1.82) is 0 Å². The minimum absolute atomic E-state index is 0.144. The lowest BCUT2D eigenvalue weighted by Gasteiger charge is -2.19. The van der Waals surface area contributed by atoms with Crippen LogP contribution in [0, 0.1) is 0 Å². The number of benzene rings is 1. The van der Waals surface area contributed by atoms with Crippen LogP contribution in [0.3, 0.4) is 0 Å². The zero-order valence-electron chi connectivity index (χ0n) is 11.4. The summed E-state index contributed by atoms with van der Waals surface area (Å²) in [7, 11) is 0. The first-order chi connectivity index (χ1) is 9.67. The summed E-state index contributed by atoms with van der Waals surface area (Å²) in [4.78, 5) is 13.5. The summed E-state index contributed by atoms with van der Waals surface area (Å²) in [5.41, 5.74) is 1.04. The molecule has 1 atom stereocenters. The maximum absolute atomic E-state index is 11.5. The van der Waals surface area contributed by atoms with Crippen LogP contribution in [-0.2, 0) is 0 Å². The standard InChI is InChI=1S/C15H17NO2S2/c1-3-10(12-8-5-9-20-12)16-11-6-4-7-13(19-2)14(11)15(17)18/h4-10,16H,3H2,1-2H3,(H,17,18). The maximum Gasteiger partial charge on any atom is 0.338 e. The molecule has 0 aliphatic carbocycles. The molecule has 0 bridgehead atoms. The van der Waals surface area contributed by atoms with E-state index in [0.29, 0.717) is 11.3 Å². The van der Waals surface area contributed by atoms with Gasteiger partial charge in [0.2, 0.25) is 0 Å². The molecule has 1 unspecified atom stereocenters. The van der Waals surface area contributed by atoms with Crippen LogP contribution in [0.15, 0.2) is 40.6 Å². The Morgan fingerprint density at radius 2 is 2.20 bits per heavy atom. The summed E-state index contributed by atoms with van der Waals surface area (Å²) in [6.45, 7) is 2.09. The van der Waals surface area contributed by atoms with Gasteiger partial charge in [-0.2, -0.15) is 0 Å². The monoisotopic (exact) mass is 307 g/mol. The van der Waals surface area contributed by atoms with Gasteiger partial charge in [0.1, 0.15) is 0 Å². The third-order valence-electron chi connectivity index (χ3n) is 3.08. The van der Waals surface area contributed by atoms with Crippen molar-refractivity contribution in [2.24, 2.45) is 0 Å². The van der Waals surface area contributed by atoms with Crippen molar-refractivity contribution in [2.75, 3.05) is 11.6 Å². The van der Waals surface area contributed by atoms with E-state index in [1.165, 1.54) is 16.6 Å². The van der Waals surface area contributed by atoms with Crippen LogP contribution in [-0.4, -0.2) is 17.3 Å². The van der Waals surface area contributed by atoms with E-state index in [9.17, 15) is 9.90 Å². The Bertz CT molecular complexity index is 582. The molecule has 0 aliphatic heterocycles. The van der Waals surface area contributed by atoms with Crippen molar-refractivity contribution in [3.63, 3.8) is 0 Å². The van der Waals surface area contributed by atoms with E-state index in [0.717, 1.165) is 11.3 Å². The zero-order chi connectivity index (χ0) is 14.5. The first-order valence-electron chi connectivity index (χ1n) is 6.37. The van der Waals surface area contributed by atoms with Crippen molar-refractivity contribution in [2.45, 2.75) is 24.3 Å². The largest absolute Gasteiger partial charge is 0.478 e. The number of nitrogens with one attached hydrogen (secondary N) is 1.